The normalized spacial score (nSPS) is 30.8. The number of piperidine rings is 1. The number of amides is 3. The van der Waals surface area contributed by atoms with Crippen LogP contribution < -0.4 is 5.32 Å². The van der Waals surface area contributed by atoms with Gasteiger partial charge in [0.2, 0.25) is 11.8 Å². The van der Waals surface area contributed by atoms with Gasteiger partial charge in [-0.05, 0) is 57.7 Å². The summed E-state index contributed by atoms with van der Waals surface area (Å²) in [6.45, 7) is 3.82. The van der Waals surface area contributed by atoms with Crippen LogP contribution in [0.25, 0.3) is 0 Å². The fourth-order valence-electron chi connectivity index (χ4n) is 4.47. The third-order valence-corrected chi connectivity index (χ3v) is 6.86. The molecule has 0 aromatic heterocycles. The molecule has 3 unspecified atom stereocenters. The third-order valence-electron chi connectivity index (χ3n) is 5.92. The van der Waals surface area contributed by atoms with Crippen molar-refractivity contribution in [2.75, 3.05) is 26.2 Å². The number of likely N-dealkylation sites (tertiary alicyclic amines) is 2. The van der Waals surface area contributed by atoms with Gasteiger partial charge in [0.05, 0.1) is 22.1 Å². The van der Waals surface area contributed by atoms with Crippen LogP contribution in [-0.4, -0.2) is 63.9 Å². The van der Waals surface area contributed by atoms with Crippen LogP contribution >= 0.6 is 22.6 Å². The summed E-state index contributed by atoms with van der Waals surface area (Å²) in [5, 5.41) is 2.84. The van der Waals surface area contributed by atoms with Crippen LogP contribution in [0.5, 0.6) is 0 Å². The van der Waals surface area contributed by atoms with Crippen LogP contribution in [0.3, 0.4) is 0 Å². The maximum absolute atomic E-state index is 13.1. The Balaban J connectivity index is 1.44. The number of halogens is 1. The molecule has 0 saturated carbocycles. The number of carbonyl (C=O) groups is 3. The summed E-state index contributed by atoms with van der Waals surface area (Å²) < 4.78 is 5.97. The number of imide groups is 1. The lowest BCUT2D eigenvalue weighted by atomic mass is 9.92. The van der Waals surface area contributed by atoms with Gasteiger partial charge >= 0.3 is 0 Å². The summed E-state index contributed by atoms with van der Waals surface area (Å²) in [5.41, 5.74) is 0.429. The highest BCUT2D eigenvalue weighted by Crippen LogP contribution is 2.37. The molecular formula is C20H26IN3O4. The maximum atomic E-state index is 13.1. The Morgan fingerprint density at radius 3 is 2.71 bits per heavy atom. The smallest absolute Gasteiger partial charge is 0.261 e. The van der Waals surface area contributed by atoms with Crippen molar-refractivity contribution >= 4 is 40.3 Å². The number of hydrogen-bond donors (Lipinski definition) is 1. The van der Waals surface area contributed by atoms with Gasteiger partial charge in [-0.15, -0.1) is 0 Å². The number of carbonyl (C=O) groups excluding carboxylic acids is 3. The van der Waals surface area contributed by atoms with Crippen LogP contribution in [0.15, 0.2) is 23.5 Å². The van der Waals surface area contributed by atoms with Crippen LogP contribution in [0, 0.1) is 5.92 Å². The zero-order valence-corrected chi connectivity index (χ0v) is 18.0. The quantitative estimate of drug-likeness (QED) is 0.198. The lowest BCUT2D eigenvalue weighted by Crippen LogP contribution is -2.54. The zero-order chi connectivity index (χ0) is 19.7. The first-order valence-corrected chi connectivity index (χ1v) is 11.4. The first-order valence-electron chi connectivity index (χ1n) is 10.1. The number of hydrogen-bond acceptors (Lipinski definition) is 5. The van der Waals surface area contributed by atoms with Gasteiger partial charge in [0.15, 0.2) is 0 Å². The van der Waals surface area contributed by atoms with E-state index in [1.165, 1.54) is 17.7 Å². The molecule has 0 aromatic rings. The van der Waals surface area contributed by atoms with Crippen molar-refractivity contribution in [1.29, 1.82) is 0 Å². The van der Waals surface area contributed by atoms with Gasteiger partial charge in [0.25, 0.3) is 5.91 Å². The first-order chi connectivity index (χ1) is 13.6. The van der Waals surface area contributed by atoms with Crippen LogP contribution in [0.4, 0.5) is 0 Å². The Morgan fingerprint density at radius 2 is 1.96 bits per heavy atom. The van der Waals surface area contributed by atoms with Crippen LogP contribution in [0.2, 0.25) is 0 Å². The summed E-state index contributed by atoms with van der Waals surface area (Å²) in [6.07, 6.45) is 8.86. The van der Waals surface area contributed by atoms with E-state index in [1.807, 2.05) is 6.08 Å². The van der Waals surface area contributed by atoms with Gasteiger partial charge in [0, 0.05) is 6.54 Å². The Kier molecular flexibility index (Phi) is 6.05. The molecule has 0 radical (unpaired) electrons. The molecule has 3 amide bonds. The molecule has 0 aromatic carbocycles. The highest BCUT2D eigenvalue weighted by Gasteiger charge is 2.50. The minimum atomic E-state index is -0.708. The molecule has 1 aliphatic carbocycles. The van der Waals surface area contributed by atoms with Crippen LogP contribution in [-0.2, 0) is 19.1 Å². The highest BCUT2D eigenvalue weighted by molar-refractivity contribution is 14.1. The largest absolute Gasteiger partial charge is 0.493 e. The SMILES string of the molecule is O=C1NC(I)CCC1N1C(=O)C2=C(OCCCN3CCCC3)C=CCC2C1=O. The molecule has 3 fully saturated rings. The summed E-state index contributed by atoms with van der Waals surface area (Å²) >= 11 is 2.16. The third kappa shape index (κ3) is 3.85. The highest BCUT2D eigenvalue weighted by atomic mass is 127. The molecule has 3 aliphatic heterocycles. The van der Waals surface area contributed by atoms with Crippen molar-refractivity contribution in [3.8, 4) is 0 Å². The van der Waals surface area contributed by atoms with Crippen molar-refractivity contribution in [1.82, 2.24) is 15.1 Å². The summed E-state index contributed by atoms with van der Waals surface area (Å²) in [4.78, 5) is 42.0. The predicted octanol–water partition coefficient (Wildman–Crippen LogP) is 1.73. The van der Waals surface area contributed by atoms with E-state index in [4.69, 9.17) is 4.74 Å². The number of nitrogens with zero attached hydrogens (tertiary/aromatic N) is 2. The Labute approximate surface area is 178 Å². The standard InChI is InChI=1S/C20H26IN3O4/c21-16-8-7-14(18(25)22-16)24-19(26)13-5-3-6-15(17(13)20(24)27)28-12-4-11-23-9-1-2-10-23/h3,6,13-14,16H,1-2,4-5,7-12H2,(H,22,25). The van der Waals surface area contributed by atoms with Crippen molar-refractivity contribution in [2.24, 2.45) is 5.92 Å². The second kappa shape index (κ2) is 8.52. The van der Waals surface area contributed by atoms with Gasteiger partial charge < -0.3 is 15.0 Å². The summed E-state index contributed by atoms with van der Waals surface area (Å²) in [6, 6.07) is -0.708. The minimum absolute atomic E-state index is 0.0480. The molecule has 8 heteroatoms. The fourth-order valence-corrected chi connectivity index (χ4v) is 5.14. The predicted molar refractivity (Wildman–Crippen MR) is 111 cm³/mol. The van der Waals surface area contributed by atoms with E-state index in [9.17, 15) is 14.4 Å². The summed E-state index contributed by atoms with van der Waals surface area (Å²) in [5.74, 6) is -0.888. The van der Waals surface area contributed by atoms with E-state index in [2.05, 4.69) is 32.8 Å². The fraction of sp³-hybridized carbons (Fsp3) is 0.650. The molecule has 3 atom stereocenters. The van der Waals surface area contributed by atoms with Crippen molar-refractivity contribution in [3.63, 3.8) is 0 Å². The molecule has 3 heterocycles. The number of rotatable bonds is 6. The van der Waals surface area contributed by atoms with Crippen molar-refractivity contribution in [2.45, 2.75) is 48.6 Å². The minimum Gasteiger partial charge on any atom is -0.493 e. The molecule has 152 valence electrons. The van der Waals surface area contributed by atoms with Gasteiger partial charge in [-0.3, -0.25) is 19.3 Å². The summed E-state index contributed by atoms with van der Waals surface area (Å²) in [7, 11) is 0. The maximum Gasteiger partial charge on any atom is 0.261 e. The van der Waals surface area contributed by atoms with E-state index in [0.717, 1.165) is 32.5 Å². The van der Waals surface area contributed by atoms with Crippen molar-refractivity contribution < 1.29 is 19.1 Å². The van der Waals surface area contributed by atoms with E-state index in [0.29, 0.717) is 30.8 Å². The lowest BCUT2D eigenvalue weighted by Gasteiger charge is -2.31. The average molecular weight is 499 g/mol. The number of ether oxygens (including phenoxy) is 1. The number of nitrogens with one attached hydrogen (secondary N) is 1. The monoisotopic (exact) mass is 499 g/mol. The zero-order valence-electron chi connectivity index (χ0n) is 15.9. The molecule has 4 aliphatic rings. The lowest BCUT2D eigenvalue weighted by molar-refractivity contribution is -0.148. The van der Waals surface area contributed by atoms with E-state index < -0.39 is 12.0 Å². The molecule has 28 heavy (non-hydrogen) atoms. The number of fused-ring (bicyclic) bond motifs is 1. The Hall–Kier alpha value is -1.42. The Bertz CT molecular complexity index is 729. The topological polar surface area (TPSA) is 79.0 Å². The van der Waals surface area contributed by atoms with Gasteiger partial charge in [0.1, 0.15) is 11.8 Å². The van der Waals surface area contributed by atoms with Gasteiger partial charge in [-0.25, -0.2) is 0 Å². The van der Waals surface area contributed by atoms with E-state index in [1.54, 1.807) is 6.08 Å². The van der Waals surface area contributed by atoms with Crippen LogP contribution in [0.1, 0.15) is 38.5 Å². The molecule has 0 spiro atoms. The first kappa shape index (κ1) is 19.9. The van der Waals surface area contributed by atoms with Gasteiger partial charge in [-0.1, -0.05) is 28.7 Å². The molecule has 0 bridgehead atoms. The van der Waals surface area contributed by atoms with Gasteiger partial charge in [-0.2, -0.15) is 0 Å². The molecule has 3 saturated heterocycles. The number of alkyl halides is 1. The molecule has 7 nitrogen and oxygen atoms in total. The molecular weight excluding hydrogens is 473 g/mol. The van der Waals surface area contributed by atoms with Crippen molar-refractivity contribution in [3.05, 3.63) is 23.5 Å². The molecule has 4 rings (SSSR count). The van der Waals surface area contributed by atoms with E-state index in [-0.39, 0.29) is 21.8 Å². The Morgan fingerprint density at radius 1 is 1.18 bits per heavy atom. The average Bonchev–Trinajstić information content (AvgIpc) is 3.27. The van der Waals surface area contributed by atoms with E-state index >= 15 is 0 Å². The molecule has 1 N–H and O–H groups in total. The second-order valence-corrected chi connectivity index (χ2v) is 9.31. The second-order valence-electron chi connectivity index (χ2n) is 7.80. The number of allylic oxidation sites excluding steroid dienone is 2.